The van der Waals surface area contributed by atoms with Gasteiger partial charge in [0.15, 0.2) is 0 Å². The van der Waals surface area contributed by atoms with Crippen molar-refractivity contribution in [1.29, 1.82) is 0 Å². The van der Waals surface area contributed by atoms with Gasteiger partial charge >= 0.3 is 11.8 Å². The zero-order chi connectivity index (χ0) is 22.9. The Labute approximate surface area is 183 Å². The molecule has 0 aliphatic heterocycles. The number of hydrogen-bond donors (Lipinski definition) is 3. The summed E-state index contributed by atoms with van der Waals surface area (Å²) in [5, 5.41) is 7.69. The summed E-state index contributed by atoms with van der Waals surface area (Å²) >= 11 is 0. The molecule has 0 atom stereocenters. The summed E-state index contributed by atoms with van der Waals surface area (Å²) in [6.45, 7) is 7.21. The van der Waals surface area contributed by atoms with Crippen LogP contribution in [0.15, 0.2) is 48.5 Å². The van der Waals surface area contributed by atoms with Gasteiger partial charge in [-0.25, -0.2) is 0 Å². The number of hydrogen-bond acceptors (Lipinski definition) is 4. The molecule has 7 heteroatoms. The van der Waals surface area contributed by atoms with Crippen molar-refractivity contribution >= 4 is 17.7 Å². The van der Waals surface area contributed by atoms with Gasteiger partial charge in [-0.3, -0.25) is 14.4 Å². The van der Waals surface area contributed by atoms with Crippen LogP contribution in [0.5, 0.6) is 5.75 Å². The predicted octanol–water partition coefficient (Wildman–Crippen LogP) is 2.20. The van der Waals surface area contributed by atoms with Gasteiger partial charge in [0.25, 0.3) is 5.91 Å². The Morgan fingerprint density at radius 3 is 2.16 bits per heavy atom. The molecule has 0 spiro atoms. The van der Waals surface area contributed by atoms with Gasteiger partial charge < -0.3 is 20.7 Å². The highest BCUT2D eigenvalue weighted by Crippen LogP contribution is 2.24. The first kappa shape index (κ1) is 23.9. The summed E-state index contributed by atoms with van der Waals surface area (Å²) in [4.78, 5) is 35.5. The first-order chi connectivity index (χ1) is 14.7. The van der Waals surface area contributed by atoms with E-state index < -0.39 is 11.8 Å². The molecule has 166 valence electrons. The molecule has 2 rings (SSSR count). The molecule has 7 nitrogen and oxygen atoms in total. The SMILES string of the molecule is CNC(=O)c1cccc(CCNC(=O)C(=O)NCCOc2ccc(C(C)(C)C)cc2)c1. The third kappa shape index (κ3) is 7.77. The Morgan fingerprint density at radius 2 is 1.55 bits per heavy atom. The van der Waals surface area contributed by atoms with Gasteiger partial charge in [0.1, 0.15) is 12.4 Å². The van der Waals surface area contributed by atoms with Crippen molar-refractivity contribution < 1.29 is 19.1 Å². The number of amides is 3. The molecule has 0 fully saturated rings. The topological polar surface area (TPSA) is 96.5 Å². The molecule has 3 N–H and O–H groups in total. The number of carbonyl (C=O) groups excluding carboxylic acids is 3. The van der Waals surface area contributed by atoms with Crippen molar-refractivity contribution in [2.24, 2.45) is 0 Å². The van der Waals surface area contributed by atoms with Gasteiger partial charge in [-0.05, 0) is 47.2 Å². The minimum atomic E-state index is -0.703. The largest absolute Gasteiger partial charge is 0.492 e. The second-order valence-corrected chi connectivity index (χ2v) is 8.16. The number of rotatable bonds is 8. The van der Waals surface area contributed by atoms with Gasteiger partial charge in [-0.2, -0.15) is 0 Å². The fraction of sp³-hybridized carbons (Fsp3) is 0.375. The quantitative estimate of drug-likeness (QED) is 0.446. The van der Waals surface area contributed by atoms with Crippen molar-refractivity contribution in [1.82, 2.24) is 16.0 Å². The standard InChI is InChI=1S/C24H31N3O4/c1-24(2,3)19-8-10-20(11-9-19)31-15-14-27-23(30)22(29)26-13-12-17-6-5-7-18(16-17)21(28)25-4/h5-11,16H,12-15H2,1-4H3,(H,25,28)(H,26,29)(H,27,30). The molecule has 3 amide bonds. The summed E-state index contributed by atoms with van der Waals surface area (Å²) in [5.41, 5.74) is 2.74. The van der Waals surface area contributed by atoms with Crippen LogP contribution < -0.4 is 20.7 Å². The Morgan fingerprint density at radius 1 is 0.903 bits per heavy atom. The molecule has 0 saturated heterocycles. The molecule has 2 aromatic carbocycles. The highest BCUT2D eigenvalue weighted by Gasteiger charge is 2.14. The summed E-state index contributed by atoms with van der Waals surface area (Å²) in [6, 6.07) is 15.0. The maximum atomic E-state index is 11.9. The Balaban J connectivity index is 1.67. The van der Waals surface area contributed by atoms with Crippen LogP contribution in [0.3, 0.4) is 0 Å². The monoisotopic (exact) mass is 425 g/mol. The number of nitrogens with one attached hydrogen (secondary N) is 3. The molecule has 0 aromatic heterocycles. The second kappa shape index (κ2) is 11.2. The highest BCUT2D eigenvalue weighted by molar-refractivity contribution is 6.35. The van der Waals surface area contributed by atoms with E-state index in [1.165, 1.54) is 5.56 Å². The summed E-state index contributed by atoms with van der Waals surface area (Å²) in [5.74, 6) is -0.855. The normalized spacial score (nSPS) is 10.8. The van der Waals surface area contributed by atoms with Gasteiger partial charge in [0.05, 0.1) is 6.54 Å². The van der Waals surface area contributed by atoms with Crippen LogP contribution in [0.25, 0.3) is 0 Å². The second-order valence-electron chi connectivity index (χ2n) is 8.16. The van der Waals surface area contributed by atoms with Crippen LogP contribution in [0.1, 0.15) is 42.3 Å². The Bertz CT molecular complexity index is 902. The molecule has 0 aliphatic carbocycles. The molecule has 2 aromatic rings. The van der Waals surface area contributed by atoms with Crippen molar-refractivity contribution in [3.05, 3.63) is 65.2 Å². The lowest BCUT2D eigenvalue weighted by atomic mass is 9.87. The van der Waals surface area contributed by atoms with Crippen LogP contribution in [-0.4, -0.2) is 44.5 Å². The van der Waals surface area contributed by atoms with E-state index in [1.54, 1.807) is 25.2 Å². The summed E-state index contributed by atoms with van der Waals surface area (Å²) in [6.07, 6.45) is 0.511. The minimum absolute atomic E-state index is 0.0762. The molecule has 0 heterocycles. The first-order valence-electron chi connectivity index (χ1n) is 10.3. The highest BCUT2D eigenvalue weighted by atomic mass is 16.5. The van der Waals surface area contributed by atoms with E-state index in [1.807, 2.05) is 30.3 Å². The van der Waals surface area contributed by atoms with E-state index in [-0.39, 0.29) is 24.5 Å². The van der Waals surface area contributed by atoms with E-state index in [2.05, 4.69) is 36.7 Å². The van der Waals surface area contributed by atoms with Crippen molar-refractivity contribution in [3.63, 3.8) is 0 Å². The van der Waals surface area contributed by atoms with E-state index in [0.717, 1.165) is 5.56 Å². The molecule has 31 heavy (non-hydrogen) atoms. The van der Waals surface area contributed by atoms with Crippen molar-refractivity contribution in [2.75, 3.05) is 26.7 Å². The van der Waals surface area contributed by atoms with E-state index >= 15 is 0 Å². The van der Waals surface area contributed by atoms with Gasteiger partial charge in [0, 0.05) is 19.2 Å². The minimum Gasteiger partial charge on any atom is -0.492 e. The Kier molecular flexibility index (Phi) is 8.61. The molecule has 0 saturated carbocycles. The first-order valence-corrected chi connectivity index (χ1v) is 10.3. The average Bonchev–Trinajstić information content (AvgIpc) is 2.75. The third-order valence-corrected chi connectivity index (χ3v) is 4.70. The molecule has 0 unspecified atom stereocenters. The lowest BCUT2D eigenvalue weighted by molar-refractivity contribution is -0.139. The third-order valence-electron chi connectivity index (χ3n) is 4.70. The zero-order valence-electron chi connectivity index (χ0n) is 18.6. The lowest BCUT2D eigenvalue weighted by Gasteiger charge is -2.19. The van der Waals surface area contributed by atoms with Crippen LogP contribution in [0, 0.1) is 0 Å². The van der Waals surface area contributed by atoms with Gasteiger partial charge in [-0.15, -0.1) is 0 Å². The smallest absolute Gasteiger partial charge is 0.309 e. The summed E-state index contributed by atoms with van der Waals surface area (Å²) < 4.78 is 5.60. The average molecular weight is 426 g/mol. The molecule has 0 radical (unpaired) electrons. The fourth-order valence-corrected chi connectivity index (χ4v) is 2.88. The molecular formula is C24H31N3O4. The van der Waals surface area contributed by atoms with Gasteiger partial charge in [-0.1, -0.05) is 45.0 Å². The van der Waals surface area contributed by atoms with Crippen LogP contribution in [-0.2, 0) is 21.4 Å². The lowest BCUT2D eigenvalue weighted by Crippen LogP contribution is -2.42. The van der Waals surface area contributed by atoms with E-state index in [0.29, 0.717) is 24.3 Å². The van der Waals surface area contributed by atoms with Crippen LogP contribution >= 0.6 is 0 Å². The fourth-order valence-electron chi connectivity index (χ4n) is 2.88. The zero-order valence-corrected chi connectivity index (χ0v) is 18.6. The van der Waals surface area contributed by atoms with Gasteiger partial charge in [0.2, 0.25) is 0 Å². The molecular weight excluding hydrogens is 394 g/mol. The number of benzene rings is 2. The maximum Gasteiger partial charge on any atom is 0.309 e. The van der Waals surface area contributed by atoms with Crippen LogP contribution in [0.2, 0.25) is 0 Å². The predicted molar refractivity (Wildman–Crippen MR) is 120 cm³/mol. The van der Waals surface area contributed by atoms with E-state index in [4.69, 9.17) is 4.74 Å². The Hall–Kier alpha value is -3.35. The molecule has 0 bridgehead atoms. The number of carbonyl (C=O) groups is 3. The van der Waals surface area contributed by atoms with Crippen molar-refractivity contribution in [2.45, 2.75) is 32.6 Å². The number of ether oxygens (including phenoxy) is 1. The van der Waals surface area contributed by atoms with Crippen LogP contribution in [0.4, 0.5) is 0 Å². The van der Waals surface area contributed by atoms with Crippen molar-refractivity contribution in [3.8, 4) is 5.75 Å². The summed E-state index contributed by atoms with van der Waals surface area (Å²) in [7, 11) is 1.57. The maximum absolute atomic E-state index is 11.9. The van der Waals surface area contributed by atoms with E-state index in [9.17, 15) is 14.4 Å². The molecule has 0 aliphatic rings.